The van der Waals surface area contributed by atoms with Gasteiger partial charge in [-0.15, -0.1) is 11.8 Å². The van der Waals surface area contributed by atoms with Crippen molar-refractivity contribution >= 4 is 17.4 Å². The van der Waals surface area contributed by atoms with Crippen LogP contribution in [0.3, 0.4) is 0 Å². The summed E-state index contributed by atoms with van der Waals surface area (Å²) in [5, 5.41) is 0. The Balaban J connectivity index is 1.86. The van der Waals surface area contributed by atoms with E-state index in [0.29, 0.717) is 0 Å². The molecule has 1 heterocycles. The van der Waals surface area contributed by atoms with Gasteiger partial charge in [0.15, 0.2) is 0 Å². The van der Waals surface area contributed by atoms with E-state index in [1.807, 2.05) is 11.8 Å². The highest BCUT2D eigenvalue weighted by Gasteiger charge is 2.17. The molecule has 0 saturated heterocycles. The second-order valence-electron chi connectivity index (χ2n) is 6.10. The maximum atomic E-state index is 2.55. The molecule has 116 valence electrons. The van der Waals surface area contributed by atoms with Crippen LogP contribution in [0.1, 0.15) is 17.5 Å². The smallest absolute Gasteiger partial charge is 0.0507 e. The molecule has 0 aromatic heterocycles. The summed E-state index contributed by atoms with van der Waals surface area (Å²) < 4.78 is 0. The lowest BCUT2D eigenvalue weighted by atomic mass is 10.1. The molecule has 2 nitrogen and oxygen atoms in total. The molecular weight excluding hydrogens is 288 g/mol. The van der Waals surface area contributed by atoms with E-state index in [9.17, 15) is 0 Å². The van der Waals surface area contributed by atoms with Crippen LogP contribution in [0.4, 0.5) is 5.69 Å². The summed E-state index contributed by atoms with van der Waals surface area (Å²) in [5.41, 5.74) is 4.33. The predicted octanol–water partition coefficient (Wildman–Crippen LogP) is 4.25. The van der Waals surface area contributed by atoms with Gasteiger partial charge in [-0.1, -0.05) is 36.4 Å². The standard InChI is InChI=1S/C19H24N2S/c1-20(2)12-7-13-21-14-16-8-3-4-9-17(16)15-22-19-11-6-5-10-18(19)21/h3-6,8-11H,7,12-15H2,1-2H3. The van der Waals surface area contributed by atoms with Gasteiger partial charge in [0.1, 0.15) is 0 Å². The largest absolute Gasteiger partial charge is 0.366 e. The zero-order chi connectivity index (χ0) is 15.4. The first-order valence-electron chi connectivity index (χ1n) is 7.92. The van der Waals surface area contributed by atoms with Gasteiger partial charge >= 0.3 is 0 Å². The Morgan fingerprint density at radius 1 is 1.00 bits per heavy atom. The summed E-state index contributed by atoms with van der Waals surface area (Å²) in [6.07, 6.45) is 1.19. The van der Waals surface area contributed by atoms with Crippen LogP contribution in [0.5, 0.6) is 0 Å². The van der Waals surface area contributed by atoms with Crippen molar-refractivity contribution in [2.24, 2.45) is 0 Å². The molecule has 2 aromatic carbocycles. The number of thioether (sulfide) groups is 1. The van der Waals surface area contributed by atoms with Crippen LogP contribution in [-0.4, -0.2) is 32.1 Å². The molecule has 2 aromatic rings. The van der Waals surface area contributed by atoms with E-state index in [2.05, 4.69) is 72.4 Å². The Bertz CT molecular complexity index is 624. The number of benzene rings is 2. The topological polar surface area (TPSA) is 6.48 Å². The van der Waals surface area contributed by atoms with Crippen molar-refractivity contribution in [3.8, 4) is 0 Å². The number of nitrogens with zero attached hydrogens (tertiary/aromatic N) is 2. The molecule has 0 amide bonds. The average molecular weight is 312 g/mol. The predicted molar refractivity (Wildman–Crippen MR) is 96.7 cm³/mol. The molecule has 3 rings (SSSR count). The summed E-state index contributed by atoms with van der Waals surface area (Å²) in [5.74, 6) is 1.07. The van der Waals surface area contributed by atoms with Crippen molar-refractivity contribution in [1.29, 1.82) is 0 Å². The summed E-state index contributed by atoms with van der Waals surface area (Å²) in [6, 6.07) is 17.7. The maximum Gasteiger partial charge on any atom is 0.0507 e. The quantitative estimate of drug-likeness (QED) is 0.833. The Labute approximate surface area is 138 Å². The fraction of sp³-hybridized carbons (Fsp3) is 0.368. The third-order valence-electron chi connectivity index (χ3n) is 4.10. The highest BCUT2D eigenvalue weighted by molar-refractivity contribution is 7.98. The number of rotatable bonds is 4. The number of fused-ring (bicyclic) bond motifs is 2. The molecule has 1 aliphatic rings. The van der Waals surface area contributed by atoms with Gasteiger partial charge in [-0.2, -0.15) is 0 Å². The van der Waals surface area contributed by atoms with E-state index in [1.165, 1.54) is 28.1 Å². The van der Waals surface area contributed by atoms with E-state index in [-0.39, 0.29) is 0 Å². The normalized spacial score (nSPS) is 14.2. The van der Waals surface area contributed by atoms with Crippen molar-refractivity contribution in [1.82, 2.24) is 4.90 Å². The van der Waals surface area contributed by atoms with Gasteiger partial charge < -0.3 is 9.80 Å². The highest BCUT2D eigenvalue weighted by Crippen LogP contribution is 2.36. The first-order valence-corrected chi connectivity index (χ1v) is 8.91. The molecule has 0 saturated carbocycles. The maximum absolute atomic E-state index is 2.55. The van der Waals surface area contributed by atoms with Crippen LogP contribution < -0.4 is 4.90 Å². The van der Waals surface area contributed by atoms with E-state index in [1.54, 1.807) is 0 Å². The minimum atomic E-state index is 1.02. The fourth-order valence-corrected chi connectivity index (χ4v) is 4.03. The van der Waals surface area contributed by atoms with Crippen LogP contribution in [0.2, 0.25) is 0 Å². The SMILES string of the molecule is CN(C)CCCN1Cc2ccccc2CSc2ccccc21. The molecule has 0 bridgehead atoms. The lowest BCUT2D eigenvalue weighted by molar-refractivity contribution is 0.400. The Morgan fingerprint density at radius 3 is 2.55 bits per heavy atom. The van der Waals surface area contributed by atoms with Crippen LogP contribution >= 0.6 is 11.8 Å². The molecule has 3 heteroatoms. The second-order valence-corrected chi connectivity index (χ2v) is 7.12. The van der Waals surface area contributed by atoms with Gasteiger partial charge in [-0.25, -0.2) is 0 Å². The van der Waals surface area contributed by atoms with Crippen LogP contribution in [0.15, 0.2) is 53.4 Å². The van der Waals surface area contributed by atoms with E-state index in [4.69, 9.17) is 0 Å². The highest BCUT2D eigenvalue weighted by atomic mass is 32.2. The van der Waals surface area contributed by atoms with Crippen LogP contribution in [0, 0.1) is 0 Å². The number of anilines is 1. The third kappa shape index (κ3) is 3.65. The monoisotopic (exact) mass is 312 g/mol. The van der Waals surface area contributed by atoms with Crippen molar-refractivity contribution in [3.63, 3.8) is 0 Å². The van der Waals surface area contributed by atoms with Crippen molar-refractivity contribution in [2.75, 3.05) is 32.1 Å². The summed E-state index contributed by atoms with van der Waals surface area (Å²) in [7, 11) is 4.29. The fourth-order valence-electron chi connectivity index (χ4n) is 2.92. The van der Waals surface area contributed by atoms with Gasteiger partial charge in [0.05, 0.1) is 5.69 Å². The number of para-hydroxylation sites is 1. The Morgan fingerprint density at radius 2 is 1.73 bits per heavy atom. The van der Waals surface area contributed by atoms with Crippen LogP contribution in [-0.2, 0) is 12.3 Å². The number of hydrogen-bond donors (Lipinski definition) is 0. The molecule has 0 unspecified atom stereocenters. The van der Waals surface area contributed by atoms with Gasteiger partial charge in [-0.3, -0.25) is 0 Å². The summed E-state index contributed by atoms with van der Waals surface area (Å²) in [6.45, 7) is 3.25. The number of hydrogen-bond acceptors (Lipinski definition) is 3. The van der Waals surface area contributed by atoms with Crippen molar-refractivity contribution < 1.29 is 0 Å². The zero-order valence-electron chi connectivity index (χ0n) is 13.5. The molecule has 0 fully saturated rings. The molecule has 0 spiro atoms. The first-order chi connectivity index (χ1) is 10.7. The van der Waals surface area contributed by atoms with Crippen molar-refractivity contribution in [3.05, 3.63) is 59.7 Å². The van der Waals surface area contributed by atoms with Crippen LogP contribution in [0.25, 0.3) is 0 Å². The van der Waals surface area contributed by atoms with Gasteiger partial charge in [-0.05, 0) is 50.3 Å². The van der Waals surface area contributed by atoms with E-state index >= 15 is 0 Å². The third-order valence-corrected chi connectivity index (χ3v) is 5.21. The Kier molecular flexibility index (Phi) is 5.06. The van der Waals surface area contributed by atoms with Crippen molar-refractivity contribution in [2.45, 2.75) is 23.6 Å². The lowest BCUT2D eigenvalue weighted by Gasteiger charge is -2.30. The second kappa shape index (κ2) is 7.21. The summed E-state index contributed by atoms with van der Waals surface area (Å²) >= 11 is 1.96. The molecule has 1 aliphatic heterocycles. The molecule has 0 aliphatic carbocycles. The molecule has 0 radical (unpaired) electrons. The Hall–Kier alpha value is -1.45. The molecular formula is C19H24N2S. The molecule has 0 N–H and O–H groups in total. The summed E-state index contributed by atoms with van der Waals surface area (Å²) in [4.78, 5) is 6.21. The minimum Gasteiger partial charge on any atom is -0.366 e. The molecule has 22 heavy (non-hydrogen) atoms. The van der Waals surface area contributed by atoms with E-state index < -0.39 is 0 Å². The average Bonchev–Trinajstić information content (AvgIpc) is 2.51. The van der Waals surface area contributed by atoms with E-state index in [0.717, 1.165) is 25.4 Å². The van der Waals surface area contributed by atoms with Gasteiger partial charge in [0.2, 0.25) is 0 Å². The minimum absolute atomic E-state index is 1.02. The zero-order valence-corrected chi connectivity index (χ0v) is 14.3. The molecule has 0 atom stereocenters. The first kappa shape index (κ1) is 15.4. The van der Waals surface area contributed by atoms with Gasteiger partial charge in [0.25, 0.3) is 0 Å². The lowest BCUT2D eigenvalue weighted by Crippen LogP contribution is -2.28. The van der Waals surface area contributed by atoms with Gasteiger partial charge in [0, 0.05) is 23.7 Å².